The molecule has 0 spiro atoms. The number of hydrogen-bond donors (Lipinski definition) is 1. The maximum absolute atomic E-state index is 9.00. The van der Waals surface area contributed by atoms with Crippen molar-refractivity contribution in [3.05, 3.63) is 0 Å². The summed E-state index contributed by atoms with van der Waals surface area (Å²) in [4.78, 5) is 9.00. The van der Waals surface area contributed by atoms with Gasteiger partial charge in [-0.1, -0.05) is 0 Å². The molecular weight excluding hydrogens is 103 g/mol. The fraction of sp³-hybridized carbons (Fsp3) is 0.500. The van der Waals surface area contributed by atoms with Crippen LogP contribution in [-0.4, -0.2) is 11.1 Å². The third-order valence-corrected chi connectivity index (χ3v) is 0. The minimum absolute atomic E-state index is 0.833. The summed E-state index contributed by atoms with van der Waals surface area (Å²) in [5.74, 6) is -0.833. The maximum atomic E-state index is 9.00. The Morgan fingerprint density at radius 2 is 1.67 bits per heavy atom. The second-order valence-corrected chi connectivity index (χ2v) is 0.519. The standard InChI is InChI=1S/C2H4O2.HOP/c1-2(3)4;1-2/h1H3,(H,3,4);2H. The molecule has 4 heteroatoms. The lowest BCUT2D eigenvalue weighted by Crippen LogP contribution is -1.78. The molecular formula is C2H5O3P. The van der Waals surface area contributed by atoms with Gasteiger partial charge in [0.25, 0.3) is 5.97 Å². The number of carbonyl (C=O) groups is 1. The van der Waals surface area contributed by atoms with Crippen LogP contribution in [0.1, 0.15) is 6.92 Å². The number of hydrogen-bond acceptors (Lipinski definition) is 2. The molecule has 0 aliphatic heterocycles. The van der Waals surface area contributed by atoms with E-state index in [-0.39, 0.29) is 0 Å². The van der Waals surface area contributed by atoms with E-state index in [0.29, 0.717) is 0 Å². The fourth-order valence-electron chi connectivity index (χ4n) is 0. The van der Waals surface area contributed by atoms with E-state index in [1.807, 2.05) is 0 Å². The van der Waals surface area contributed by atoms with Gasteiger partial charge in [0.15, 0.2) is 0 Å². The molecule has 0 fully saturated rings. The van der Waals surface area contributed by atoms with E-state index in [1.54, 1.807) is 9.12 Å². The predicted octanol–water partition coefficient (Wildman–Crippen LogP) is 0.566. The van der Waals surface area contributed by atoms with Crippen molar-refractivity contribution in [1.29, 1.82) is 0 Å². The lowest BCUT2D eigenvalue weighted by molar-refractivity contribution is -0.134. The maximum Gasteiger partial charge on any atom is 0.300 e. The van der Waals surface area contributed by atoms with Crippen LogP contribution >= 0.6 is 9.12 Å². The van der Waals surface area contributed by atoms with Gasteiger partial charge in [0, 0.05) is 6.92 Å². The Labute approximate surface area is 37.6 Å². The molecule has 0 bridgehead atoms. The topological polar surface area (TPSA) is 54.4 Å². The predicted molar refractivity (Wildman–Crippen MR) is 22.3 cm³/mol. The highest BCUT2D eigenvalue weighted by atomic mass is 31.0. The monoisotopic (exact) mass is 108 g/mol. The molecule has 0 heterocycles. The lowest BCUT2D eigenvalue weighted by atomic mass is 10.9. The molecule has 36 valence electrons. The molecule has 3 nitrogen and oxygen atoms in total. The first-order valence-electron chi connectivity index (χ1n) is 1.13. The third-order valence-electron chi connectivity index (χ3n) is 0. The van der Waals surface area contributed by atoms with Crippen LogP contribution in [0.5, 0.6) is 0 Å². The summed E-state index contributed by atoms with van der Waals surface area (Å²) < 4.78 is 8.06. The Hall–Kier alpha value is -0.430. The van der Waals surface area contributed by atoms with Gasteiger partial charge in [0.05, 0.1) is 0 Å². The average Bonchev–Trinajstić information content (AvgIpc) is 1.41. The quantitative estimate of drug-likeness (QED) is 0.461. The number of aliphatic carboxylic acids is 1. The SMILES string of the molecule is CC(=O)O.O=P. The Morgan fingerprint density at radius 3 is 1.67 bits per heavy atom. The van der Waals surface area contributed by atoms with E-state index < -0.39 is 5.97 Å². The fourth-order valence-corrected chi connectivity index (χ4v) is 0. The highest BCUT2D eigenvalue weighted by molar-refractivity contribution is 7.00. The zero-order chi connectivity index (χ0) is 5.58. The van der Waals surface area contributed by atoms with Crippen molar-refractivity contribution in [3.63, 3.8) is 0 Å². The summed E-state index contributed by atoms with van der Waals surface area (Å²) in [5, 5.41) is 7.42. The van der Waals surface area contributed by atoms with Gasteiger partial charge in [0.2, 0.25) is 0 Å². The summed E-state index contributed by atoms with van der Waals surface area (Å²) in [6.45, 7) is 1.08. The van der Waals surface area contributed by atoms with E-state index >= 15 is 0 Å². The molecule has 1 N–H and O–H groups in total. The first-order chi connectivity index (χ1) is 2.73. The van der Waals surface area contributed by atoms with Crippen molar-refractivity contribution in [2.24, 2.45) is 0 Å². The van der Waals surface area contributed by atoms with Crippen molar-refractivity contribution in [2.75, 3.05) is 0 Å². The Balaban J connectivity index is 0. The van der Waals surface area contributed by atoms with Crippen LogP contribution in [0.15, 0.2) is 0 Å². The molecule has 0 rings (SSSR count). The van der Waals surface area contributed by atoms with Crippen molar-refractivity contribution in [2.45, 2.75) is 6.92 Å². The van der Waals surface area contributed by atoms with Crippen LogP contribution in [-0.2, 0) is 9.36 Å². The molecule has 0 radical (unpaired) electrons. The van der Waals surface area contributed by atoms with Gasteiger partial charge in [-0.3, -0.25) is 9.36 Å². The lowest BCUT2D eigenvalue weighted by Gasteiger charge is -1.59. The normalized spacial score (nSPS) is 4.83. The van der Waals surface area contributed by atoms with Crippen LogP contribution in [0.2, 0.25) is 0 Å². The molecule has 0 amide bonds. The molecule has 0 saturated carbocycles. The number of rotatable bonds is 0. The van der Waals surface area contributed by atoms with Crippen LogP contribution in [0.25, 0.3) is 0 Å². The first kappa shape index (κ1) is 9.13. The molecule has 0 aromatic carbocycles. The molecule has 0 saturated heterocycles. The molecule has 0 aliphatic rings. The molecule has 0 aliphatic carbocycles. The van der Waals surface area contributed by atoms with Gasteiger partial charge in [-0.05, 0) is 0 Å². The first-order valence-corrected chi connectivity index (χ1v) is 1.54. The molecule has 0 unspecified atom stereocenters. The Morgan fingerprint density at radius 1 is 1.67 bits per heavy atom. The second kappa shape index (κ2) is 8.82. The zero-order valence-electron chi connectivity index (χ0n) is 3.26. The van der Waals surface area contributed by atoms with Gasteiger partial charge in [0.1, 0.15) is 9.12 Å². The Bertz CT molecular complexity index is 40.1. The largest absolute Gasteiger partial charge is 0.481 e. The van der Waals surface area contributed by atoms with Crippen molar-refractivity contribution >= 4 is 15.1 Å². The van der Waals surface area contributed by atoms with Gasteiger partial charge in [-0.2, -0.15) is 0 Å². The van der Waals surface area contributed by atoms with E-state index in [4.69, 9.17) is 14.5 Å². The summed E-state index contributed by atoms with van der Waals surface area (Å²) in [6.07, 6.45) is 0. The average molecular weight is 108 g/mol. The van der Waals surface area contributed by atoms with Crippen LogP contribution in [0, 0.1) is 0 Å². The van der Waals surface area contributed by atoms with Gasteiger partial charge >= 0.3 is 0 Å². The van der Waals surface area contributed by atoms with E-state index in [2.05, 4.69) is 0 Å². The smallest absolute Gasteiger partial charge is 0.300 e. The number of carboxylic acid groups (broad SMARTS) is 1. The van der Waals surface area contributed by atoms with Gasteiger partial charge in [-0.25, -0.2) is 0 Å². The summed E-state index contributed by atoms with van der Waals surface area (Å²) >= 11 is 0. The second-order valence-electron chi connectivity index (χ2n) is 0.519. The van der Waals surface area contributed by atoms with E-state index in [0.717, 1.165) is 6.92 Å². The number of carboxylic acids is 1. The van der Waals surface area contributed by atoms with Gasteiger partial charge in [-0.15, -0.1) is 0 Å². The minimum atomic E-state index is -0.833. The summed E-state index contributed by atoms with van der Waals surface area (Å²) in [7, 11) is 1.72. The van der Waals surface area contributed by atoms with Crippen LogP contribution < -0.4 is 0 Å². The molecule has 0 atom stereocenters. The van der Waals surface area contributed by atoms with Crippen LogP contribution in [0.4, 0.5) is 0 Å². The van der Waals surface area contributed by atoms with Gasteiger partial charge < -0.3 is 5.11 Å². The summed E-state index contributed by atoms with van der Waals surface area (Å²) in [6, 6.07) is 0. The van der Waals surface area contributed by atoms with E-state index in [1.165, 1.54) is 0 Å². The molecule has 0 aromatic heterocycles. The highest BCUT2D eigenvalue weighted by Crippen LogP contribution is 1.42. The minimum Gasteiger partial charge on any atom is -0.481 e. The molecule has 6 heavy (non-hydrogen) atoms. The Kier molecular flexibility index (Phi) is 13.4. The van der Waals surface area contributed by atoms with Crippen molar-refractivity contribution in [3.8, 4) is 0 Å². The third kappa shape index (κ3) is 128. The van der Waals surface area contributed by atoms with Crippen molar-refractivity contribution < 1.29 is 14.5 Å². The van der Waals surface area contributed by atoms with Crippen molar-refractivity contribution in [1.82, 2.24) is 0 Å². The van der Waals surface area contributed by atoms with E-state index in [9.17, 15) is 0 Å². The highest BCUT2D eigenvalue weighted by Gasteiger charge is 1.65. The zero-order valence-corrected chi connectivity index (χ0v) is 4.26. The molecule has 0 aromatic rings. The summed E-state index contributed by atoms with van der Waals surface area (Å²) in [5.41, 5.74) is 0. The van der Waals surface area contributed by atoms with Crippen LogP contribution in [0.3, 0.4) is 0 Å².